The van der Waals surface area contributed by atoms with Crippen LogP contribution in [0.1, 0.15) is 12.8 Å². The van der Waals surface area contributed by atoms with Crippen LogP contribution in [0, 0.1) is 5.82 Å². The Morgan fingerprint density at radius 2 is 2.13 bits per heavy atom. The third-order valence-electron chi connectivity index (χ3n) is 5.17. The molecule has 30 heavy (non-hydrogen) atoms. The first-order chi connectivity index (χ1) is 14.6. The molecule has 7 nitrogen and oxygen atoms in total. The number of oxazole rings is 1. The lowest BCUT2D eigenvalue weighted by Gasteiger charge is -2.23. The summed E-state index contributed by atoms with van der Waals surface area (Å²) in [6.45, 7) is 0.735. The Kier molecular flexibility index (Phi) is 4.84. The molecule has 1 aliphatic heterocycles. The standard InChI is InChI=1S/C21H18FN3O4S/c22-14-6-3-9-17-19(14)23-20(30-17)25(11-13-5-4-10-28-13)18(26)12-24-15-7-1-2-8-16(15)29-21(24)27/h1-3,6-9,13H,4-5,10-12H2. The predicted molar refractivity (Wildman–Crippen MR) is 111 cm³/mol. The molecular formula is C21H18FN3O4S. The number of amides is 1. The van der Waals surface area contributed by atoms with E-state index < -0.39 is 11.6 Å². The molecule has 1 aliphatic rings. The summed E-state index contributed by atoms with van der Waals surface area (Å²) in [5.74, 6) is -1.37. The average Bonchev–Trinajstić information content (AvgIpc) is 3.46. The molecule has 1 fully saturated rings. The van der Waals surface area contributed by atoms with E-state index in [4.69, 9.17) is 9.15 Å². The zero-order valence-corrected chi connectivity index (χ0v) is 16.7. The van der Waals surface area contributed by atoms with Crippen molar-refractivity contribution in [2.24, 2.45) is 0 Å². The van der Waals surface area contributed by atoms with Crippen LogP contribution in [-0.4, -0.2) is 34.7 Å². The van der Waals surface area contributed by atoms with Crippen molar-refractivity contribution in [3.8, 4) is 0 Å². The van der Waals surface area contributed by atoms with E-state index in [1.165, 1.54) is 26.9 Å². The Balaban J connectivity index is 1.51. The minimum atomic E-state index is -0.600. The average molecular weight is 427 g/mol. The molecule has 0 N–H and O–H groups in total. The Bertz CT molecular complexity index is 1290. The number of halogens is 1. The van der Waals surface area contributed by atoms with Gasteiger partial charge < -0.3 is 9.15 Å². The molecule has 0 radical (unpaired) electrons. The van der Waals surface area contributed by atoms with Crippen molar-refractivity contribution in [2.45, 2.75) is 25.5 Å². The van der Waals surface area contributed by atoms with Gasteiger partial charge in [-0.3, -0.25) is 14.3 Å². The first-order valence-corrected chi connectivity index (χ1v) is 10.5. The second kappa shape index (κ2) is 7.66. The highest BCUT2D eigenvalue weighted by Gasteiger charge is 2.27. The van der Waals surface area contributed by atoms with E-state index in [0.29, 0.717) is 34.1 Å². The summed E-state index contributed by atoms with van der Waals surface area (Å²) in [6, 6.07) is 11.7. The summed E-state index contributed by atoms with van der Waals surface area (Å²) in [5.41, 5.74) is 1.19. The Hall–Kier alpha value is -3.04. The lowest BCUT2D eigenvalue weighted by molar-refractivity contribution is -0.119. The number of thiazole rings is 1. The third-order valence-corrected chi connectivity index (χ3v) is 6.21. The van der Waals surface area contributed by atoms with E-state index in [0.717, 1.165) is 12.8 Å². The lowest BCUT2D eigenvalue weighted by atomic mass is 10.2. The van der Waals surface area contributed by atoms with Gasteiger partial charge in [0.15, 0.2) is 10.7 Å². The monoisotopic (exact) mass is 427 g/mol. The van der Waals surface area contributed by atoms with Gasteiger partial charge in [0.25, 0.3) is 0 Å². The molecule has 9 heteroatoms. The summed E-state index contributed by atoms with van der Waals surface area (Å²) in [6.07, 6.45) is 1.63. The van der Waals surface area contributed by atoms with Gasteiger partial charge in [0.05, 0.1) is 22.9 Å². The molecule has 3 heterocycles. The molecule has 0 saturated carbocycles. The SMILES string of the molecule is O=C(Cn1c(=O)oc2ccccc21)N(CC1CCCO1)c1nc2c(F)cccc2s1. The number of para-hydroxylation sites is 3. The molecule has 2 aromatic carbocycles. The minimum absolute atomic E-state index is 0.122. The van der Waals surface area contributed by atoms with Crippen molar-refractivity contribution in [1.82, 2.24) is 9.55 Å². The minimum Gasteiger partial charge on any atom is -0.408 e. The van der Waals surface area contributed by atoms with Gasteiger partial charge in [0.2, 0.25) is 5.91 Å². The first-order valence-electron chi connectivity index (χ1n) is 9.65. The highest BCUT2D eigenvalue weighted by Crippen LogP contribution is 2.31. The third kappa shape index (κ3) is 3.40. The van der Waals surface area contributed by atoms with Gasteiger partial charge in [-0.25, -0.2) is 14.2 Å². The number of anilines is 1. The van der Waals surface area contributed by atoms with Crippen LogP contribution in [0.25, 0.3) is 21.3 Å². The van der Waals surface area contributed by atoms with E-state index in [1.54, 1.807) is 36.4 Å². The zero-order chi connectivity index (χ0) is 20.7. The van der Waals surface area contributed by atoms with Crippen LogP contribution in [0.2, 0.25) is 0 Å². The Morgan fingerprint density at radius 1 is 1.27 bits per heavy atom. The van der Waals surface area contributed by atoms with Crippen molar-refractivity contribution < 1.29 is 18.3 Å². The van der Waals surface area contributed by atoms with Gasteiger partial charge in [0.1, 0.15) is 17.9 Å². The van der Waals surface area contributed by atoms with Crippen LogP contribution in [0.5, 0.6) is 0 Å². The summed E-state index contributed by atoms with van der Waals surface area (Å²) >= 11 is 1.24. The van der Waals surface area contributed by atoms with Gasteiger partial charge in [-0.1, -0.05) is 29.5 Å². The van der Waals surface area contributed by atoms with Crippen molar-refractivity contribution in [3.63, 3.8) is 0 Å². The Morgan fingerprint density at radius 3 is 2.93 bits per heavy atom. The fraction of sp³-hybridized carbons (Fsp3) is 0.286. The number of rotatable bonds is 5. The summed E-state index contributed by atoms with van der Waals surface area (Å²) < 4.78 is 27.0. The van der Waals surface area contributed by atoms with E-state index >= 15 is 0 Å². The highest BCUT2D eigenvalue weighted by molar-refractivity contribution is 7.22. The van der Waals surface area contributed by atoms with Crippen molar-refractivity contribution in [2.75, 3.05) is 18.1 Å². The second-order valence-corrected chi connectivity index (χ2v) is 8.15. The molecule has 0 spiro atoms. The number of hydrogen-bond acceptors (Lipinski definition) is 6. The number of fused-ring (bicyclic) bond motifs is 2. The summed E-state index contributed by atoms with van der Waals surface area (Å²) in [5, 5.41) is 0.386. The van der Waals surface area contributed by atoms with E-state index in [1.807, 2.05) is 0 Å². The van der Waals surface area contributed by atoms with Crippen LogP contribution in [0.15, 0.2) is 51.7 Å². The fourth-order valence-electron chi connectivity index (χ4n) is 3.68. The van der Waals surface area contributed by atoms with Gasteiger partial charge in [-0.15, -0.1) is 0 Å². The van der Waals surface area contributed by atoms with Crippen LogP contribution < -0.4 is 10.7 Å². The van der Waals surface area contributed by atoms with Crippen molar-refractivity contribution in [3.05, 3.63) is 58.8 Å². The number of carbonyl (C=O) groups excluding carboxylic acids is 1. The number of carbonyl (C=O) groups is 1. The molecule has 4 aromatic rings. The predicted octanol–water partition coefficient (Wildman–Crippen LogP) is 3.56. The maximum Gasteiger partial charge on any atom is 0.420 e. The largest absolute Gasteiger partial charge is 0.420 e. The topological polar surface area (TPSA) is 77.6 Å². The molecule has 1 unspecified atom stereocenters. The van der Waals surface area contributed by atoms with E-state index in [2.05, 4.69) is 4.98 Å². The maximum absolute atomic E-state index is 14.2. The quantitative estimate of drug-likeness (QED) is 0.487. The van der Waals surface area contributed by atoms with Gasteiger partial charge in [0, 0.05) is 6.61 Å². The van der Waals surface area contributed by atoms with Gasteiger partial charge >= 0.3 is 5.76 Å². The lowest BCUT2D eigenvalue weighted by Crippen LogP contribution is -2.40. The van der Waals surface area contributed by atoms with E-state index in [9.17, 15) is 14.0 Å². The number of nitrogens with zero attached hydrogens (tertiary/aromatic N) is 3. The van der Waals surface area contributed by atoms with Crippen LogP contribution in [0.4, 0.5) is 9.52 Å². The van der Waals surface area contributed by atoms with Crippen LogP contribution in [0.3, 0.4) is 0 Å². The second-order valence-electron chi connectivity index (χ2n) is 7.14. The highest BCUT2D eigenvalue weighted by atomic mass is 32.1. The molecule has 5 rings (SSSR count). The zero-order valence-electron chi connectivity index (χ0n) is 15.9. The summed E-state index contributed by atoms with van der Waals surface area (Å²) in [7, 11) is 0. The summed E-state index contributed by atoms with van der Waals surface area (Å²) in [4.78, 5) is 31.5. The van der Waals surface area contributed by atoms with Crippen molar-refractivity contribution in [1.29, 1.82) is 0 Å². The number of benzene rings is 2. The smallest absolute Gasteiger partial charge is 0.408 e. The molecule has 2 aromatic heterocycles. The molecule has 0 aliphatic carbocycles. The van der Waals surface area contributed by atoms with E-state index in [-0.39, 0.29) is 24.1 Å². The number of ether oxygens (including phenoxy) is 1. The maximum atomic E-state index is 14.2. The van der Waals surface area contributed by atoms with Crippen LogP contribution in [-0.2, 0) is 16.1 Å². The number of aromatic nitrogens is 2. The number of hydrogen-bond donors (Lipinski definition) is 0. The van der Waals surface area contributed by atoms with Crippen molar-refractivity contribution >= 4 is 43.7 Å². The molecule has 1 saturated heterocycles. The molecule has 1 amide bonds. The van der Waals surface area contributed by atoms with Gasteiger partial charge in [-0.05, 0) is 37.1 Å². The van der Waals surface area contributed by atoms with Crippen LogP contribution >= 0.6 is 11.3 Å². The Labute approximate surface area is 174 Å². The molecule has 0 bridgehead atoms. The fourth-order valence-corrected chi connectivity index (χ4v) is 4.69. The molecular weight excluding hydrogens is 409 g/mol. The normalized spacial score (nSPS) is 16.5. The molecule has 1 atom stereocenters. The first kappa shape index (κ1) is 19.0. The van der Waals surface area contributed by atoms with Gasteiger partial charge in [-0.2, -0.15) is 0 Å². The molecule has 154 valence electrons.